The molecular formula is C19H17N3O2. The first-order valence-electron chi connectivity index (χ1n) is 8.03. The Morgan fingerprint density at radius 1 is 1.08 bits per heavy atom. The van der Waals surface area contributed by atoms with Gasteiger partial charge in [0.1, 0.15) is 5.52 Å². The number of aromatic amines is 1. The van der Waals surface area contributed by atoms with Crippen molar-refractivity contribution < 1.29 is 4.42 Å². The average Bonchev–Trinajstić information content (AvgIpc) is 3.18. The maximum Gasteiger partial charge on any atom is 0.325 e. The van der Waals surface area contributed by atoms with Crippen LogP contribution in [0.25, 0.3) is 28.4 Å². The van der Waals surface area contributed by atoms with Gasteiger partial charge in [-0.05, 0) is 24.1 Å². The van der Waals surface area contributed by atoms with Gasteiger partial charge in [-0.2, -0.15) is 9.67 Å². The molecule has 2 aromatic carbocycles. The minimum atomic E-state index is -0.109. The monoisotopic (exact) mass is 319 g/mol. The predicted molar refractivity (Wildman–Crippen MR) is 93.4 cm³/mol. The van der Waals surface area contributed by atoms with Gasteiger partial charge in [0, 0.05) is 5.56 Å². The number of aromatic nitrogens is 3. The highest BCUT2D eigenvalue weighted by Crippen LogP contribution is 2.23. The van der Waals surface area contributed by atoms with Gasteiger partial charge in [0.15, 0.2) is 5.58 Å². The molecule has 0 bridgehead atoms. The van der Waals surface area contributed by atoms with Gasteiger partial charge in [0.25, 0.3) is 5.56 Å². The molecule has 4 aromatic rings. The Kier molecular flexibility index (Phi) is 3.54. The van der Waals surface area contributed by atoms with E-state index in [-0.39, 0.29) is 11.6 Å². The van der Waals surface area contributed by atoms with Crippen LogP contribution in [0.5, 0.6) is 0 Å². The van der Waals surface area contributed by atoms with E-state index in [0.717, 1.165) is 28.8 Å². The van der Waals surface area contributed by atoms with Crippen molar-refractivity contribution in [1.82, 2.24) is 14.8 Å². The molecule has 0 saturated heterocycles. The predicted octanol–water partition coefficient (Wildman–Crippen LogP) is 3.93. The molecule has 2 aromatic heterocycles. The quantitative estimate of drug-likeness (QED) is 0.620. The molecule has 0 aliphatic carbocycles. The van der Waals surface area contributed by atoms with E-state index in [4.69, 9.17) is 4.42 Å². The first kappa shape index (κ1) is 14.5. The molecule has 0 saturated carbocycles. The maximum absolute atomic E-state index is 12.9. The highest BCUT2D eigenvalue weighted by Gasteiger charge is 2.18. The second-order valence-corrected chi connectivity index (χ2v) is 5.69. The smallest absolute Gasteiger partial charge is 0.325 e. The van der Waals surface area contributed by atoms with Crippen LogP contribution >= 0.6 is 0 Å². The Morgan fingerprint density at radius 3 is 2.58 bits per heavy atom. The van der Waals surface area contributed by atoms with Gasteiger partial charge in [0.2, 0.25) is 0 Å². The van der Waals surface area contributed by atoms with Gasteiger partial charge in [0.05, 0.1) is 5.69 Å². The fourth-order valence-electron chi connectivity index (χ4n) is 2.89. The first-order valence-corrected chi connectivity index (χ1v) is 8.03. The number of fused-ring (bicyclic) bond motifs is 1. The van der Waals surface area contributed by atoms with Gasteiger partial charge in [-0.25, -0.2) is 0 Å². The van der Waals surface area contributed by atoms with Crippen LogP contribution < -0.4 is 5.56 Å². The number of nitrogens with zero attached hydrogens (tertiary/aromatic N) is 2. The Labute approximate surface area is 138 Å². The van der Waals surface area contributed by atoms with Gasteiger partial charge in [-0.15, -0.1) is 0 Å². The summed E-state index contributed by atoms with van der Waals surface area (Å²) in [4.78, 5) is 17.3. The first-order chi connectivity index (χ1) is 11.8. The van der Waals surface area contributed by atoms with Crippen molar-refractivity contribution in [3.05, 3.63) is 70.5 Å². The number of hydrogen-bond acceptors (Lipinski definition) is 3. The molecule has 2 heterocycles. The molecule has 0 aliphatic heterocycles. The normalized spacial score (nSPS) is 11.2. The van der Waals surface area contributed by atoms with Crippen LogP contribution in [0.2, 0.25) is 0 Å². The third kappa shape index (κ3) is 2.34. The van der Waals surface area contributed by atoms with Gasteiger partial charge < -0.3 is 4.42 Å². The molecule has 5 nitrogen and oxygen atoms in total. The molecule has 0 amide bonds. The standard InChI is InChI=1S/C19H17N3O2/c1-2-8-14-17(13-9-4-3-5-10-13)21-22(18(14)23)19-20-15-11-6-7-12-16(15)24-19/h3-7,9-12,21H,2,8H2,1H3. The van der Waals surface area contributed by atoms with E-state index in [2.05, 4.69) is 17.0 Å². The summed E-state index contributed by atoms with van der Waals surface area (Å²) < 4.78 is 7.13. The molecular weight excluding hydrogens is 302 g/mol. The molecule has 0 fully saturated rings. The minimum absolute atomic E-state index is 0.109. The van der Waals surface area contributed by atoms with Crippen molar-refractivity contribution >= 4 is 11.1 Å². The molecule has 0 radical (unpaired) electrons. The molecule has 0 spiro atoms. The molecule has 120 valence electrons. The van der Waals surface area contributed by atoms with E-state index < -0.39 is 0 Å². The van der Waals surface area contributed by atoms with E-state index in [1.165, 1.54) is 4.68 Å². The Bertz CT molecular complexity index is 1010. The Morgan fingerprint density at radius 2 is 1.83 bits per heavy atom. The topological polar surface area (TPSA) is 63.8 Å². The summed E-state index contributed by atoms with van der Waals surface area (Å²) in [5, 5.41) is 3.18. The maximum atomic E-state index is 12.9. The molecule has 24 heavy (non-hydrogen) atoms. The zero-order chi connectivity index (χ0) is 16.5. The molecule has 0 unspecified atom stereocenters. The van der Waals surface area contributed by atoms with E-state index >= 15 is 0 Å². The SMILES string of the molecule is CCCc1c(-c2ccccc2)[nH]n(-c2nc3ccccc3o2)c1=O. The zero-order valence-electron chi connectivity index (χ0n) is 13.3. The lowest BCUT2D eigenvalue weighted by molar-refractivity contribution is 0.537. The van der Waals surface area contributed by atoms with Crippen molar-refractivity contribution in [2.45, 2.75) is 19.8 Å². The van der Waals surface area contributed by atoms with Crippen molar-refractivity contribution in [3.8, 4) is 17.3 Å². The summed E-state index contributed by atoms with van der Waals surface area (Å²) in [6, 6.07) is 17.6. The van der Waals surface area contributed by atoms with Crippen LogP contribution in [0.15, 0.2) is 63.8 Å². The zero-order valence-corrected chi connectivity index (χ0v) is 13.3. The highest BCUT2D eigenvalue weighted by molar-refractivity contribution is 5.73. The Hall–Kier alpha value is -3.08. The Balaban J connectivity index is 1.91. The summed E-state index contributed by atoms with van der Waals surface area (Å²) in [5.74, 6) is 0. The summed E-state index contributed by atoms with van der Waals surface area (Å²) in [5.41, 5.74) is 3.84. The van der Waals surface area contributed by atoms with Crippen molar-refractivity contribution in [2.75, 3.05) is 0 Å². The van der Waals surface area contributed by atoms with Gasteiger partial charge in [-0.1, -0.05) is 55.8 Å². The number of nitrogens with one attached hydrogen (secondary N) is 1. The number of oxazole rings is 1. The van der Waals surface area contributed by atoms with Gasteiger partial charge in [-0.3, -0.25) is 9.89 Å². The summed E-state index contributed by atoms with van der Waals surface area (Å²) in [6.45, 7) is 2.06. The molecule has 4 rings (SSSR count). The molecule has 5 heteroatoms. The van der Waals surface area contributed by atoms with E-state index in [9.17, 15) is 4.79 Å². The van der Waals surface area contributed by atoms with Crippen LogP contribution in [-0.2, 0) is 6.42 Å². The number of H-pyrrole nitrogens is 1. The van der Waals surface area contributed by atoms with Crippen molar-refractivity contribution in [1.29, 1.82) is 0 Å². The van der Waals surface area contributed by atoms with Crippen LogP contribution in [-0.4, -0.2) is 14.8 Å². The minimum Gasteiger partial charge on any atom is -0.422 e. The lowest BCUT2D eigenvalue weighted by Gasteiger charge is -2.00. The number of para-hydroxylation sites is 2. The van der Waals surface area contributed by atoms with Crippen LogP contribution in [0.4, 0.5) is 0 Å². The fourth-order valence-corrected chi connectivity index (χ4v) is 2.89. The fraction of sp³-hybridized carbons (Fsp3) is 0.158. The second kappa shape index (κ2) is 5.85. The number of hydrogen-bond donors (Lipinski definition) is 1. The van der Waals surface area contributed by atoms with E-state index in [1.807, 2.05) is 54.6 Å². The summed E-state index contributed by atoms with van der Waals surface area (Å²) in [6.07, 6.45) is 1.59. The molecule has 1 N–H and O–H groups in total. The van der Waals surface area contributed by atoms with E-state index in [0.29, 0.717) is 12.0 Å². The number of benzene rings is 2. The second-order valence-electron chi connectivity index (χ2n) is 5.69. The third-order valence-electron chi connectivity index (χ3n) is 4.02. The molecule has 0 aliphatic rings. The van der Waals surface area contributed by atoms with E-state index in [1.54, 1.807) is 0 Å². The van der Waals surface area contributed by atoms with Crippen LogP contribution in [0.3, 0.4) is 0 Å². The van der Waals surface area contributed by atoms with Gasteiger partial charge >= 0.3 is 6.01 Å². The van der Waals surface area contributed by atoms with Crippen molar-refractivity contribution in [2.24, 2.45) is 0 Å². The number of rotatable bonds is 4. The van der Waals surface area contributed by atoms with Crippen LogP contribution in [0, 0.1) is 0 Å². The van der Waals surface area contributed by atoms with Crippen LogP contribution in [0.1, 0.15) is 18.9 Å². The lowest BCUT2D eigenvalue weighted by atomic mass is 10.1. The largest absolute Gasteiger partial charge is 0.422 e. The molecule has 0 atom stereocenters. The third-order valence-corrected chi connectivity index (χ3v) is 4.02. The lowest BCUT2D eigenvalue weighted by Crippen LogP contribution is -2.17. The highest BCUT2D eigenvalue weighted by atomic mass is 16.4. The summed E-state index contributed by atoms with van der Waals surface area (Å²) >= 11 is 0. The average molecular weight is 319 g/mol. The summed E-state index contributed by atoms with van der Waals surface area (Å²) in [7, 11) is 0. The van der Waals surface area contributed by atoms with Crippen molar-refractivity contribution in [3.63, 3.8) is 0 Å².